The Hall–Kier alpha value is -2.85. The highest BCUT2D eigenvalue weighted by atomic mass is 32.1. The van der Waals surface area contributed by atoms with Crippen LogP contribution in [0.15, 0.2) is 12.1 Å². The third-order valence-corrected chi connectivity index (χ3v) is 6.44. The summed E-state index contributed by atoms with van der Waals surface area (Å²) in [4.78, 5) is 26.6. The van der Waals surface area contributed by atoms with Crippen molar-refractivity contribution in [2.45, 2.75) is 32.6 Å². The van der Waals surface area contributed by atoms with E-state index in [-0.39, 0.29) is 23.3 Å². The molecule has 10 heteroatoms. The van der Waals surface area contributed by atoms with Gasteiger partial charge < -0.3 is 24.3 Å². The molecule has 0 fully saturated rings. The van der Waals surface area contributed by atoms with E-state index in [1.54, 1.807) is 6.92 Å². The average molecular weight is 479 g/mol. The zero-order valence-corrected chi connectivity index (χ0v) is 20.1. The predicted molar refractivity (Wildman–Crippen MR) is 127 cm³/mol. The maximum absolute atomic E-state index is 12.8. The van der Waals surface area contributed by atoms with Crippen LogP contribution in [0.3, 0.4) is 0 Å². The maximum atomic E-state index is 12.8. The van der Waals surface area contributed by atoms with Crippen LogP contribution in [-0.2, 0) is 17.6 Å². The number of amides is 1. The fraction of sp³-hybridized carbons (Fsp3) is 0.409. The number of fused-ring (bicyclic) bond motifs is 1. The van der Waals surface area contributed by atoms with Crippen molar-refractivity contribution in [1.29, 1.82) is 0 Å². The SMILES string of the molecule is CCOC(=O)c1c(NC(=S)NC(=O)c2cc(OC)c(OC)c(OC)c2)sc2c1CCCC2. The first kappa shape index (κ1) is 23.8. The Kier molecular flexibility index (Phi) is 7.92. The van der Waals surface area contributed by atoms with Gasteiger partial charge in [-0.2, -0.15) is 0 Å². The van der Waals surface area contributed by atoms with Crippen LogP contribution in [0.1, 0.15) is 50.9 Å². The van der Waals surface area contributed by atoms with Crippen molar-refractivity contribution in [3.8, 4) is 17.2 Å². The molecule has 1 aliphatic rings. The van der Waals surface area contributed by atoms with Crippen LogP contribution in [0.25, 0.3) is 0 Å². The van der Waals surface area contributed by atoms with Gasteiger partial charge in [0.1, 0.15) is 5.00 Å². The largest absolute Gasteiger partial charge is 0.493 e. The number of thiophene rings is 1. The van der Waals surface area contributed by atoms with Crippen molar-refractivity contribution in [3.05, 3.63) is 33.7 Å². The Bertz CT molecular complexity index is 1010. The van der Waals surface area contributed by atoms with Crippen LogP contribution >= 0.6 is 23.6 Å². The average Bonchev–Trinajstić information content (AvgIpc) is 3.15. The fourth-order valence-corrected chi connectivity index (χ4v) is 5.14. The first-order valence-electron chi connectivity index (χ1n) is 10.2. The Morgan fingerprint density at radius 3 is 2.31 bits per heavy atom. The van der Waals surface area contributed by atoms with Gasteiger partial charge in [-0.25, -0.2) is 4.79 Å². The number of ether oxygens (including phenoxy) is 4. The number of benzene rings is 1. The zero-order valence-electron chi connectivity index (χ0n) is 18.5. The number of anilines is 1. The Morgan fingerprint density at radius 1 is 1.06 bits per heavy atom. The van der Waals surface area contributed by atoms with Gasteiger partial charge in [0.05, 0.1) is 33.5 Å². The number of hydrogen-bond donors (Lipinski definition) is 2. The molecule has 1 amide bonds. The summed E-state index contributed by atoms with van der Waals surface area (Å²) in [7, 11) is 4.43. The van der Waals surface area contributed by atoms with Crippen molar-refractivity contribution >= 4 is 45.5 Å². The van der Waals surface area contributed by atoms with Crippen LogP contribution < -0.4 is 24.8 Å². The molecule has 3 rings (SSSR count). The highest BCUT2D eigenvalue weighted by Gasteiger charge is 2.27. The topological polar surface area (TPSA) is 95.1 Å². The molecule has 1 aliphatic carbocycles. The third-order valence-electron chi connectivity index (χ3n) is 5.03. The number of carbonyl (C=O) groups is 2. The standard InChI is InChI=1S/C22H26N2O6S2/c1-5-30-21(26)17-13-8-6-7-9-16(13)32-20(17)24-22(31)23-19(25)12-10-14(27-2)18(29-4)15(11-12)28-3/h10-11H,5-9H2,1-4H3,(H2,23,24,25,31). The minimum absolute atomic E-state index is 0.0768. The molecule has 2 N–H and O–H groups in total. The van der Waals surface area contributed by atoms with E-state index in [9.17, 15) is 9.59 Å². The number of thiocarbonyl (C=S) groups is 1. The van der Waals surface area contributed by atoms with E-state index in [4.69, 9.17) is 31.2 Å². The van der Waals surface area contributed by atoms with E-state index >= 15 is 0 Å². The summed E-state index contributed by atoms with van der Waals surface area (Å²) in [5.41, 5.74) is 1.80. The van der Waals surface area contributed by atoms with Gasteiger partial charge in [-0.05, 0) is 62.5 Å². The number of methoxy groups -OCH3 is 3. The van der Waals surface area contributed by atoms with Gasteiger partial charge in [-0.3, -0.25) is 10.1 Å². The summed E-state index contributed by atoms with van der Waals surface area (Å²) in [6.45, 7) is 2.05. The van der Waals surface area contributed by atoms with Crippen LogP contribution in [-0.4, -0.2) is 44.9 Å². The summed E-state index contributed by atoms with van der Waals surface area (Å²) >= 11 is 6.84. The van der Waals surface area contributed by atoms with E-state index in [0.29, 0.717) is 27.8 Å². The zero-order chi connectivity index (χ0) is 23.3. The summed E-state index contributed by atoms with van der Waals surface area (Å²) in [5.74, 6) is 0.252. The van der Waals surface area contributed by atoms with Gasteiger partial charge in [0.25, 0.3) is 5.91 Å². The summed E-state index contributed by atoms with van der Waals surface area (Å²) in [5, 5.41) is 6.33. The molecule has 8 nitrogen and oxygen atoms in total. The second-order valence-electron chi connectivity index (χ2n) is 6.96. The molecule has 2 aromatic rings. The van der Waals surface area contributed by atoms with E-state index in [2.05, 4.69) is 10.6 Å². The Balaban J connectivity index is 1.81. The summed E-state index contributed by atoms with van der Waals surface area (Å²) in [6.07, 6.45) is 3.85. The minimum Gasteiger partial charge on any atom is -0.493 e. The molecule has 0 radical (unpaired) electrons. The molecule has 1 aromatic heterocycles. The van der Waals surface area contributed by atoms with Crippen molar-refractivity contribution in [2.24, 2.45) is 0 Å². The molecule has 0 bridgehead atoms. The molecule has 0 unspecified atom stereocenters. The number of esters is 1. The molecular formula is C22H26N2O6S2. The molecule has 32 heavy (non-hydrogen) atoms. The van der Waals surface area contributed by atoms with Crippen LogP contribution in [0.2, 0.25) is 0 Å². The van der Waals surface area contributed by atoms with Crippen molar-refractivity contribution in [1.82, 2.24) is 5.32 Å². The molecular weight excluding hydrogens is 452 g/mol. The van der Waals surface area contributed by atoms with E-state index < -0.39 is 5.91 Å². The highest BCUT2D eigenvalue weighted by molar-refractivity contribution is 7.80. The second-order valence-corrected chi connectivity index (χ2v) is 8.47. The lowest BCUT2D eigenvalue weighted by atomic mass is 9.95. The van der Waals surface area contributed by atoms with Gasteiger partial charge in [0.15, 0.2) is 16.6 Å². The molecule has 0 aliphatic heterocycles. The Morgan fingerprint density at radius 2 is 1.72 bits per heavy atom. The van der Waals surface area contributed by atoms with Crippen LogP contribution in [0, 0.1) is 0 Å². The van der Waals surface area contributed by atoms with Gasteiger partial charge in [0, 0.05) is 10.4 Å². The van der Waals surface area contributed by atoms with Gasteiger partial charge in [-0.1, -0.05) is 0 Å². The van der Waals surface area contributed by atoms with Crippen molar-refractivity contribution in [3.63, 3.8) is 0 Å². The van der Waals surface area contributed by atoms with Gasteiger partial charge in [0.2, 0.25) is 5.75 Å². The van der Waals surface area contributed by atoms with Gasteiger partial charge >= 0.3 is 5.97 Å². The van der Waals surface area contributed by atoms with Crippen LogP contribution in [0.4, 0.5) is 5.00 Å². The van der Waals surface area contributed by atoms with Gasteiger partial charge in [-0.15, -0.1) is 11.3 Å². The fourth-order valence-electron chi connectivity index (χ4n) is 3.59. The molecule has 0 spiro atoms. The molecule has 0 saturated heterocycles. The molecule has 172 valence electrons. The smallest absolute Gasteiger partial charge is 0.341 e. The highest BCUT2D eigenvalue weighted by Crippen LogP contribution is 2.39. The van der Waals surface area contributed by atoms with Crippen molar-refractivity contribution < 1.29 is 28.5 Å². The summed E-state index contributed by atoms with van der Waals surface area (Å²) in [6, 6.07) is 3.07. The molecule has 1 heterocycles. The number of aryl methyl sites for hydroxylation is 1. The summed E-state index contributed by atoms with van der Waals surface area (Å²) < 4.78 is 21.1. The molecule has 1 aromatic carbocycles. The normalized spacial score (nSPS) is 12.4. The second kappa shape index (κ2) is 10.6. The number of rotatable bonds is 7. The first-order valence-corrected chi connectivity index (χ1v) is 11.4. The third kappa shape index (κ3) is 4.97. The lowest BCUT2D eigenvalue weighted by Gasteiger charge is -2.15. The van der Waals surface area contributed by atoms with E-state index in [1.165, 1.54) is 44.8 Å². The predicted octanol–water partition coefficient (Wildman–Crippen LogP) is 3.96. The van der Waals surface area contributed by atoms with Crippen LogP contribution in [0.5, 0.6) is 17.2 Å². The molecule has 0 saturated carbocycles. The number of hydrogen-bond acceptors (Lipinski definition) is 8. The number of nitrogens with one attached hydrogen (secondary N) is 2. The molecule has 0 atom stereocenters. The minimum atomic E-state index is -0.458. The lowest BCUT2D eigenvalue weighted by Crippen LogP contribution is -2.34. The first-order chi connectivity index (χ1) is 15.4. The Labute approximate surface area is 196 Å². The van der Waals surface area contributed by atoms with E-state index in [1.807, 2.05) is 0 Å². The van der Waals surface area contributed by atoms with Crippen molar-refractivity contribution in [2.75, 3.05) is 33.3 Å². The maximum Gasteiger partial charge on any atom is 0.341 e. The quantitative estimate of drug-likeness (QED) is 0.456. The number of carbonyl (C=O) groups excluding carboxylic acids is 2. The monoisotopic (exact) mass is 478 g/mol. The van der Waals surface area contributed by atoms with E-state index in [0.717, 1.165) is 36.1 Å². The lowest BCUT2D eigenvalue weighted by molar-refractivity contribution is 0.0526.